The monoisotopic (exact) mass is 326 g/mol. The molecule has 0 heterocycles. The number of carbonyl (C=O) groups excluding carboxylic acids is 2. The molecular formula is C17H30N2O4. The van der Waals surface area contributed by atoms with E-state index in [0.717, 1.165) is 12.8 Å². The summed E-state index contributed by atoms with van der Waals surface area (Å²) in [5, 5.41) is 14.8. The zero-order valence-electron chi connectivity index (χ0n) is 14.6. The number of carbonyl (C=O) groups is 3. The van der Waals surface area contributed by atoms with Crippen LogP contribution in [-0.4, -0.2) is 35.0 Å². The van der Waals surface area contributed by atoms with E-state index in [2.05, 4.69) is 10.6 Å². The van der Waals surface area contributed by atoms with Gasteiger partial charge < -0.3 is 15.7 Å². The Labute approximate surface area is 138 Å². The Hall–Kier alpha value is -1.59. The first-order valence-electron chi connectivity index (χ1n) is 8.56. The van der Waals surface area contributed by atoms with E-state index in [-0.39, 0.29) is 29.7 Å². The molecule has 3 unspecified atom stereocenters. The molecule has 0 radical (unpaired) electrons. The molecule has 0 saturated heterocycles. The molecule has 3 atom stereocenters. The Morgan fingerprint density at radius 1 is 0.957 bits per heavy atom. The molecule has 3 N–H and O–H groups in total. The zero-order chi connectivity index (χ0) is 17.6. The van der Waals surface area contributed by atoms with Crippen LogP contribution in [0.5, 0.6) is 0 Å². The lowest BCUT2D eigenvalue weighted by Crippen LogP contribution is -2.49. The molecule has 0 aromatic heterocycles. The SMILES string of the molecule is CC(C)CC(NC(=O)C1CCCCC1C(=O)NC(C)C)C(=O)O. The Bertz CT molecular complexity index is 434. The fourth-order valence-electron chi connectivity index (χ4n) is 3.12. The summed E-state index contributed by atoms with van der Waals surface area (Å²) in [6, 6.07) is -0.862. The fraction of sp³-hybridized carbons (Fsp3) is 0.824. The Kier molecular flexibility index (Phi) is 7.52. The summed E-state index contributed by atoms with van der Waals surface area (Å²) in [4.78, 5) is 36.2. The second-order valence-corrected chi connectivity index (χ2v) is 7.19. The van der Waals surface area contributed by atoms with Gasteiger partial charge >= 0.3 is 5.97 Å². The van der Waals surface area contributed by atoms with Crippen LogP contribution in [-0.2, 0) is 14.4 Å². The highest BCUT2D eigenvalue weighted by atomic mass is 16.4. The molecule has 1 fully saturated rings. The van der Waals surface area contributed by atoms with E-state index in [9.17, 15) is 19.5 Å². The van der Waals surface area contributed by atoms with Gasteiger partial charge in [-0.25, -0.2) is 4.79 Å². The minimum Gasteiger partial charge on any atom is -0.480 e. The van der Waals surface area contributed by atoms with Gasteiger partial charge in [-0.15, -0.1) is 0 Å². The molecule has 0 aliphatic heterocycles. The van der Waals surface area contributed by atoms with Crippen molar-refractivity contribution in [3.8, 4) is 0 Å². The first-order valence-corrected chi connectivity index (χ1v) is 8.56. The minimum atomic E-state index is -1.02. The number of aliphatic carboxylic acids is 1. The Balaban J connectivity index is 2.76. The van der Waals surface area contributed by atoms with Crippen LogP contribution >= 0.6 is 0 Å². The fourth-order valence-corrected chi connectivity index (χ4v) is 3.12. The molecule has 1 aliphatic carbocycles. The van der Waals surface area contributed by atoms with E-state index in [1.54, 1.807) is 0 Å². The van der Waals surface area contributed by atoms with Gasteiger partial charge in [-0.2, -0.15) is 0 Å². The number of hydrogen-bond acceptors (Lipinski definition) is 3. The topological polar surface area (TPSA) is 95.5 Å². The quantitative estimate of drug-likeness (QED) is 0.666. The van der Waals surface area contributed by atoms with Crippen molar-refractivity contribution >= 4 is 17.8 Å². The number of carboxylic acid groups (broad SMARTS) is 1. The molecule has 2 amide bonds. The maximum absolute atomic E-state index is 12.5. The lowest BCUT2D eigenvalue weighted by molar-refractivity contribution is -0.144. The maximum atomic E-state index is 12.5. The van der Waals surface area contributed by atoms with Crippen molar-refractivity contribution in [3.63, 3.8) is 0 Å². The van der Waals surface area contributed by atoms with Crippen LogP contribution in [0.15, 0.2) is 0 Å². The molecule has 1 aliphatic rings. The summed E-state index contributed by atoms with van der Waals surface area (Å²) in [5.41, 5.74) is 0. The van der Waals surface area contributed by atoms with Crippen molar-refractivity contribution in [3.05, 3.63) is 0 Å². The number of carboxylic acids is 1. The molecule has 0 aromatic carbocycles. The standard InChI is InChI=1S/C17H30N2O4/c1-10(2)9-14(17(22)23)19-16(21)13-8-6-5-7-12(13)15(20)18-11(3)4/h10-14H,5-9H2,1-4H3,(H,18,20)(H,19,21)(H,22,23). The van der Waals surface area contributed by atoms with Gasteiger partial charge in [-0.1, -0.05) is 26.7 Å². The van der Waals surface area contributed by atoms with Crippen LogP contribution in [0.25, 0.3) is 0 Å². The van der Waals surface area contributed by atoms with E-state index >= 15 is 0 Å². The second kappa shape index (κ2) is 8.89. The third-order valence-corrected chi connectivity index (χ3v) is 4.19. The molecule has 1 rings (SSSR count). The third kappa shape index (κ3) is 6.20. The highest BCUT2D eigenvalue weighted by molar-refractivity contribution is 5.90. The van der Waals surface area contributed by atoms with Gasteiger partial charge in [0.2, 0.25) is 11.8 Å². The van der Waals surface area contributed by atoms with Crippen molar-refractivity contribution in [2.45, 2.75) is 71.9 Å². The average molecular weight is 326 g/mol. The normalized spacial score (nSPS) is 22.7. The predicted octanol–water partition coefficient (Wildman–Crippen LogP) is 1.93. The van der Waals surface area contributed by atoms with Gasteiger partial charge in [0.25, 0.3) is 0 Å². The molecule has 0 spiro atoms. The van der Waals surface area contributed by atoms with Crippen molar-refractivity contribution < 1.29 is 19.5 Å². The first kappa shape index (κ1) is 19.5. The third-order valence-electron chi connectivity index (χ3n) is 4.19. The summed E-state index contributed by atoms with van der Waals surface area (Å²) in [6.07, 6.45) is 3.52. The summed E-state index contributed by atoms with van der Waals surface area (Å²) >= 11 is 0. The zero-order valence-corrected chi connectivity index (χ0v) is 14.6. The highest BCUT2D eigenvalue weighted by Crippen LogP contribution is 2.30. The molecule has 132 valence electrons. The Morgan fingerprint density at radius 3 is 1.83 bits per heavy atom. The molecule has 0 bridgehead atoms. The highest BCUT2D eigenvalue weighted by Gasteiger charge is 2.37. The molecule has 6 nitrogen and oxygen atoms in total. The largest absolute Gasteiger partial charge is 0.480 e. The van der Waals surface area contributed by atoms with E-state index in [4.69, 9.17) is 0 Å². The van der Waals surface area contributed by atoms with Crippen LogP contribution in [0.3, 0.4) is 0 Å². The van der Waals surface area contributed by atoms with E-state index < -0.39 is 17.9 Å². The van der Waals surface area contributed by atoms with Crippen LogP contribution in [0, 0.1) is 17.8 Å². The van der Waals surface area contributed by atoms with Crippen molar-refractivity contribution in [1.29, 1.82) is 0 Å². The van der Waals surface area contributed by atoms with E-state index in [1.165, 1.54) is 0 Å². The average Bonchev–Trinajstić information content (AvgIpc) is 2.45. The van der Waals surface area contributed by atoms with Gasteiger partial charge in [-0.3, -0.25) is 9.59 Å². The summed E-state index contributed by atoms with van der Waals surface area (Å²) in [6.45, 7) is 7.61. The van der Waals surface area contributed by atoms with Crippen molar-refractivity contribution in [1.82, 2.24) is 10.6 Å². The minimum absolute atomic E-state index is 0.0286. The predicted molar refractivity (Wildman–Crippen MR) is 87.7 cm³/mol. The number of amides is 2. The van der Waals surface area contributed by atoms with Gasteiger partial charge in [0.15, 0.2) is 0 Å². The maximum Gasteiger partial charge on any atom is 0.326 e. The number of rotatable bonds is 7. The molecule has 0 aromatic rings. The first-order chi connectivity index (χ1) is 10.7. The smallest absolute Gasteiger partial charge is 0.326 e. The van der Waals surface area contributed by atoms with Crippen LogP contribution < -0.4 is 10.6 Å². The molecule has 23 heavy (non-hydrogen) atoms. The lowest BCUT2D eigenvalue weighted by atomic mass is 9.78. The van der Waals surface area contributed by atoms with E-state index in [1.807, 2.05) is 27.7 Å². The van der Waals surface area contributed by atoms with Crippen molar-refractivity contribution in [2.24, 2.45) is 17.8 Å². The lowest BCUT2D eigenvalue weighted by Gasteiger charge is -2.31. The summed E-state index contributed by atoms with van der Waals surface area (Å²) in [7, 11) is 0. The van der Waals surface area contributed by atoms with Crippen LogP contribution in [0.1, 0.15) is 59.8 Å². The van der Waals surface area contributed by atoms with Crippen LogP contribution in [0.2, 0.25) is 0 Å². The number of hydrogen-bond donors (Lipinski definition) is 3. The van der Waals surface area contributed by atoms with Gasteiger partial charge in [0, 0.05) is 17.9 Å². The molecule has 6 heteroatoms. The van der Waals surface area contributed by atoms with Gasteiger partial charge in [0.05, 0.1) is 0 Å². The molecular weight excluding hydrogens is 296 g/mol. The van der Waals surface area contributed by atoms with Gasteiger partial charge in [-0.05, 0) is 39.0 Å². The van der Waals surface area contributed by atoms with E-state index in [0.29, 0.717) is 19.3 Å². The Morgan fingerprint density at radius 2 is 1.43 bits per heavy atom. The second-order valence-electron chi connectivity index (χ2n) is 7.19. The van der Waals surface area contributed by atoms with Crippen LogP contribution in [0.4, 0.5) is 0 Å². The van der Waals surface area contributed by atoms with Crippen molar-refractivity contribution in [2.75, 3.05) is 0 Å². The van der Waals surface area contributed by atoms with Gasteiger partial charge in [0.1, 0.15) is 6.04 Å². The number of nitrogens with one attached hydrogen (secondary N) is 2. The molecule has 1 saturated carbocycles. The summed E-state index contributed by atoms with van der Waals surface area (Å²) in [5.74, 6) is -2.05. The summed E-state index contributed by atoms with van der Waals surface area (Å²) < 4.78 is 0.